The van der Waals surface area contributed by atoms with E-state index in [1.165, 1.54) is 19.2 Å². The van der Waals surface area contributed by atoms with Gasteiger partial charge in [-0.05, 0) is 23.8 Å². The van der Waals surface area contributed by atoms with Gasteiger partial charge in [-0.15, -0.1) is 0 Å². The van der Waals surface area contributed by atoms with E-state index in [0.29, 0.717) is 5.02 Å². The topological polar surface area (TPSA) is 66.4 Å². The molecule has 0 saturated heterocycles. The SMILES string of the molecule is CNC(=O)C[C@H](CC(=O)O)c1cc(Cl)ccc1F. The van der Waals surface area contributed by atoms with Crippen LogP contribution in [0.2, 0.25) is 5.02 Å². The van der Waals surface area contributed by atoms with Crippen molar-refractivity contribution < 1.29 is 19.1 Å². The van der Waals surface area contributed by atoms with E-state index in [-0.39, 0.29) is 24.3 Å². The van der Waals surface area contributed by atoms with Crippen LogP contribution in [-0.4, -0.2) is 24.0 Å². The number of rotatable bonds is 5. The molecule has 0 saturated carbocycles. The van der Waals surface area contributed by atoms with Crippen molar-refractivity contribution in [2.75, 3.05) is 7.05 Å². The molecule has 2 N–H and O–H groups in total. The van der Waals surface area contributed by atoms with Gasteiger partial charge < -0.3 is 10.4 Å². The average Bonchev–Trinajstić information content (AvgIpc) is 2.30. The van der Waals surface area contributed by atoms with Gasteiger partial charge in [-0.2, -0.15) is 0 Å². The molecule has 0 unspecified atom stereocenters. The van der Waals surface area contributed by atoms with Gasteiger partial charge in [0, 0.05) is 24.4 Å². The molecule has 0 heterocycles. The Balaban J connectivity index is 3.04. The van der Waals surface area contributed by atoms with Crippen molar-refractivity contribution in [1.29, 1.82) is 0 Å². The Morgan fingerprint density at radius 2 is 2.11 bits per heavy atom. The molecule has 18 heavy (non-hydrogen) atoms. The summed E-state index contributed by atoms with van der Waals surface area (Å²) in [4.78, 5) is 22.1. The zero-order valence-corrected chi connectivity index (χ0v) is 10.5. The number of carboxylic acids is 1. The molecular weight excluding hydrogens is 261 g/mol. The lowest BCUT2D eigenvalue weighted by molar-refractivity contribution is -0.137. The smallest absolute Gasteiger partial charge is 0.303 e. The Morgan fingerprint density at radius 1 is 1.44 bits per heavy atom. The highest BCUT2D eigenvalue weighted by molar-refractivity contribution is 6.30. The summed E-state index contributed by atoms with van der Waals surface area (Å²) in [6.07, 6.45) is -0.426. The number of hydrogen-bond acceptors (Lipinski definition) is 2. The van der Waals surface area contributed by atoms with Gasteiger partial charge in [0.15, 0.2) is 0 Å². The molecule has 1 amide bonds. The summed E-state index contributed by atoms with van der Waals surface area (Å²) in [5.74, 6) is -2.74. The fourth-order valence-electron chi connectivity index (χ4n) is 1.66. The lowest BCUT2D eigenvalue weighted by Gasteiger charge is -2.15. The molecular formula is C12H13ClFNO3. The van der Waals surface area contributed by atoms with E-state index in [4.69, 9.17) is 16.7 Å². The third kappa shape index (κ3) is 4.00. The maximum absolute atomic E-state index is 13.6. The van der Waals surface area contributed by atoms with E-state index < -0.39 is 17.7 Å². The van der Waals surface area contributed by atoms with Crippen molar-refractivity contribution in [1.82, 2.24) is 5.32 Å². The quantitative estimate of drug-likeness (QED) is 0.864. The summed E-state index contributed by atoms with van der Waals surface area (Å²) >= 11 is 5.75. The molecule has 0 bridgehead atoms. The minimum absolute atomic E-state index is 0.0972. The fourth-order valence-corrected chi connectivity index (χ4v) is 1.84. The van der Waals surface area contributed by atoms with Crippen LogP contribution in [0.3, 0.4) is 0 Å². The van der Waals surface area contributed by atoms with E-state index in [0.717, 1.165) is 6.07 Å². The number of halogens is 2. The summed E-state index contributed by atoms with van der Waals surface area (Å²) in [5, 5.41) is 11.5. The molecule has 0 spiro atoms. The van der Waals surface area contributed by atoms with Gasteiger partial charge in [0.05, 0.1) is 6.42 Å². The van der Waals surface area contributed by atoms with Gasteiger partial charge in [-0.3, -0.25) is 9.59 Å². The third-order valence-corrected chi connectivity index (χ3v) is 2.76. The molecule has 1 aromatic carbocycles. The molecule has 1 rings (SSSR count). The molecule has 0 aliphatic carbocycles. The predicted octanol–water partition coefficient (Wildman–Crippen LogP) is 2.17. The number of nitrogens with one attached hydrogen (secondary N) is 1. The zero-order valence-electron chi connectivity index (χ0n) is 9.74. The standard InChI is InChI=1S/C12H13ClFNO3/c1-15-11(16)4-7(5-12(17)18)9-6-8(13)2-3-10(9)14/h2-3,6-7H,4-5H2,1H3,(H,15,16)(H,17,18)/t7-/m1/s1. The Kier molecular flexibility index (Phi) is 5.09. The number of carbonyl (C=O) groups excluding carboxylic acids is 1. The van der Waals surface area contributed by atoms with Crippen molar-refractivity contribution in [3.63, 3.8) is 0 Å². The van der Waals surface area contributed by atoms with Crippen molar-refractivity contribution in [2.45, 2.75) is 18.8 Å². The number of hydrogen-bond donors (Lipinski definition) is 2. The molecule has 0 radical (unpaired) electrons. The molecule has 1 aromatic rings. The predicted molar refractivity (Wildman–Crippen MR) is 65.1 cm³/mol. The highest BCUT2D eigenvalue weighted by Gasteiger charge is 2.22. The van der Waals surface area contributed by atoms with Crippen LogP contribution in [-0.2, 0) is 9.59 Å². The van der Waals surface area contributed by atoms with Crippen LogP contribution < -0.4 is 5.32 Å². The molecule has 0 fully saturated rings. The molecule has 0 aliphatic heterocycles. The lowest BCUT2D eigenvalue weighted by atomic mass is 9.91. The van der Waals surface area contributed by atoms with Crippen molar-refractivity contribution in [3.8, 4) is 0 Å². The van der Waals surface area contributed by atoms with Gasteiger partial charge >= 0.3 is 5.97 Å². The minimum Gasteiger partial charge on any atom is -0.481 e. The van der Waals surface area contributed by atoms with Crippen LogP contribution in [0.5, 0.6) is 0 Å². The van der Waals surface area contributed by atoms with Crippen LogP contribution in [0.25, 0.3) is 0 Å². The van der Waals surface area contributed by atoms with Gasteiger partial charge in [0.2, 0.25) is 5.91 Å². The first kappa shape index (κ1) is 14.4. The lowest BCUT2D eigenvalue weighted by Crippen LogP contribution is -2.22. The largest absolute Gasteiger partial charge is 0.481 e. The maximum atomic E-state index is 13.6. The fraction of sp³-hybridized carbons (Fsp3) is 0.333. The molecule has 98 valence electrons. The summed E-state index contributed by atoms with van der Waals surface area (Å²) in [5.41, 5.74) is 0.147. The van der Waals surface area contributed by atoms with E-state index in [9.17, 15) is 14.0 Å². The molecule has 0 aliphatic rings. The number of carbonyl (C=O) groups is 2. The Morgan fingerprint density at radius 3 is 2.67 bits per heavy atom. The van der Waals surface area contributed by atoms with E-state index in [2.05, 4.69) is 5.32 Å². The van der Waals surface area contributed by atoms with Crippen molar-refractivity contribution in [2.24, 2.45) is 0 Å². The summed E-state index contributed by atoms with van der Waals surface area (Å²) in [6.45, 7) is 0. The second-order valence-electron chi connectivity index (χ2n) is 3.84. The molecule has 4 nitrogen and oxygen atoms in total. The second-order valence-corrected chi connectivity index (χ2v) is 4.27. The Hall–Kier alpha value is -1.62. The summed E-state index contributed by atoms with van der Waals surface area (Å²) in [6, 6.07) is 3.89. The number of amides is 1. The third-order valence-electron chi connectivity index (χ3n) is 2.53. The van der Waals surface area contributed by atoms with Crippen LogP contribution in [0.4, 0.5) is 4.39 Å². The Bertz CT molecular complexity index is 465. The van der Waals surface area contributed by atoms with Gasteiger partial charge in [-0.25, -0.2) is 4.39 Å². The summed E-state index contributed by atoms with van der Waals surface area (Å²) in [7, 11) is 1.44. The maximum Gasteiger partial charge on any atom is 0.303 e. The first-order valence-electron chi connectivity index (χ1n) is 5.31. The van der Waals surface area contributed by atoms with Gasteiger partial charge in [0.25, 0.3) is 0 Å². The van der Waals surface area contributed by atoms with Crippen molar-refractivity contribution >= 4 is 23.5 Å². The normalized spacial score (nSPS) is 11.9. The monoisotopic (exact) mass is 273 g/mol. The number of aliphatic carboxylic acids is 1. The molecule has 0 aromatic heterocycles. The Labute approximate surface area is 109 Å². The summed E-state index contributed by atoms with van der Waals surface area (Å²) < 4.78 is 13.6. The number of carboxylic acid groups (broad SMARTS) is 1. The van der Waals surface area contributed by atoms with Crippen LogP contribution in [0, 0.1) is 5.82 Å². The van der Waals surface area contributed by atoms with Gasteiger partial charge in [-0.1, -0.05) is 11.6 Å². The highest BCUT2D eigenvalue weighted by Crippen LogP contribution is 2.28. The first-order chi connectivity index (χ1) is 8.43. The minimum atomic E-state index is -1.09. The van der Waals surface area contributed by atoms with Gasteiger partial charge in [0.1, 0.15) is 5.82 Å². The van der Waals surface area contributed by atoms with E-state index >= 15 is 0 Å². The van der Waals surface area contributed by atoms with Crippen LogP contribution in [0.1, 0.15) is 24.3 Å². The van der Waals surface area contributed by atoms with Crippen molar-refractivity contribution in [3.05, 3.63) is 34.6 Å². The zero-order chi connectivity index (χ0) is 13.7. The molecule has 1 atom stereocenters. The van der Waals surface area contributed by atoms with E-state index in [1.807, 2.05) is 0 Å². The first-order valence-corrected chi connectivity index (χ1v) is 5.69. The molecule has 6 heteroatoms. The average molecular weight is 274 g/mol. The second kappa shape index (κ2) is 6.35. The van der Waals surface area contributed by atoms with E-state index in [1.54, 1.807) is 0 Å². The van der Waals surface area contributed by atoms with Crippen LogP contribution in [0.15, 0.2) is 18.2 Å². The number of benzene rings is 1. The highest BCUT2D eigenvalue weighted by atomic mass is 35.5. The van der Waals surface area contributed by atoms with Crippen LogP contribution >= 0.6 is 11.6 Å².